The molecule has 0 saturated heterocycles. The predicted octanol–water partition coefficient (Wildman–Crippen LogP) is 3.06. The molecule has 1 aromatic rings. The zero-order valence-corrected chi connectivity index (χ0v) is 13.1. The molecular weight excluding hydrogens is 338 g/mol. The van der Waals surface area contributed by atoms with Crippen LogP contribution in [0, 0.1) is 11.8 Å². The van der Waals surface area contributed by atoms with Crippen LogP contribution >= 0.6 is 15.9 Å². The number of anilines is 1. The van der Waals surface area contributed by atoms with Crippen molar-refractivity contribution in [3.05, 3.63) is 34.8 Å². The maximum absolute atomic E-state index is 12.3. The molecule has 0 spiro atoms. The maximum atomic E-state index is 12.3. The number of nitrogens with one attached hydrogen (secondary N) is 1. The van der Waals surface area contributed by atoms with Gasteiger partial charge in [0.25, 0.3) is 0 Å². The second kappa shape index (κ2) is 6.76. The third kappa shape index (κ3) is 3.64. The molecule has 0 saturated carbocycles. The highest BCUT2D eigenvalue weighted by atomic mass is 79.9. The molecule has 2 atom stereocenters. The molecule has 2 rings (SSSR count). The minimum absolute atomic E-state index is 0.274. The number of rotatable bonds is 4. The lowest BCUT2D eigenvalue weighted by Crippen LogP contribution is -2.34. The van der Waals surface area contributed by atoms with Crippen LogP contribution in [-0.2, 0) is 9.59 Å². The van der Waals surface area contributed by atoms with Gasteiger partial charge in [-0.05, 0) is 47.0 Å². The number of carboxylic acid groups (broad SMARTS) is 1. The van der Waals surface area contributed by atoms with Gasteiger partial charge in [0, 0.05) is 5.69 Å². The van der Waals surface area contributed by atoms with Crippen molar-refractivity contribution in [1.29, 1.82) is 0 Å². The van der Waals surface area contributed by atoms with E-state index in [4.69, 9.17) is 4.74 Å². The van der Waals surface area contributed by atoms with E-state index in [0.717, 1.165) is 4.47 Å². The van der Waals surface area contributed by atoms with E-state index in [0.29, 0.717) is 24.3 Å². The molecule has 1 aliphatic carbocycles. The Labute approximate surface area is 131 Å². The molecule has 0 bridgehead atoms. The van der Waals surface area contributed by atoms with E-state index in [1.165, 1.54) is 0 Å². The molecule has 1 amide bonds. The fourth-order valence-electron chi connectivity index (χ4n) is 2.36. The van der Waals surface area contributed by atoms with E-state index in [1.807, 2.05) is 12.2 Å². The number of halogens is 1. The first-order chi connectivity index (χ1) is 10.0. The number of ether oxygens (including phenoxy) is 1. The molecule has 0 fully saturated rings. The topological polar surface area (TPSA) is 75.6 Å². The van der Waals surface area contributed by atoms with Gasteiger partial charge in [-0.1, -0.05) is 12.2 Å². The standard InChI is InChI=1S/C15H16BrNO4/c1-21-13-7-6-9(8-12(13)16)17-14(18)10-4-2-3-5-11(10)15(19)20/h2-3,6-8,10-11H,4-5H2,1H3,(H,17,18)(H,19,20)/t10-,11+/m1/s1. The van der Waals surface area contributed by atoms with Gasteiger partial charge < -0.3 is 15.2 Å². The van der Waals surface area contributed by atoms with Crippen molar-refractivity contribution in [2.45, 2.75) is 12.8 Å². The van der Waals surface area contributed by atoms with Gasteiger partial charge in [0.1, 0.15) is 5.75 Å². The molecule has 5 nitrogen and oxygen atoms in total. The lowest BCUT2D eigenvalue weighted by atomic mass is 9.82. The summed E-state index contributed by atoms with van der Waals surface area (Å²) in [5, 5.41) is 12.0. The monoisotopic (exact) mass is 353 g/mol. The van der Waals surface area contributed by atoms with Crippen LogP contribution in [0.25, 0.3) is 0 Å². The summed E-state index contributed by atoms with van der Waals surface area (Å²) >= 11 is 3.35. The van der Waals surface area contributed by atoms with Crippen molar-refractivity contribution in [3.8, 4) is 5.75 Å². The molecule has 0 aromatic heterocycles. The first-order valence-corrected chi connectivity index (χ1v) is 7.34. The third-order valence-corrected chi connectivity index (χ3v) is 4.13. The average molecular weight is 354 g/mol. The van der Waals surface area contributed by atoms with Gasteiger partial charge in [-0.15, -0.1) is 0 Å². The number of hydrogen-bond acceptors (Lipinski definition) is 3. The summed E-state index contributed by atoms with van der Waals surface area (Å²) in [6, 6.07) is 5.18. The molecule has 0 heterocycles. The SMILES string of the molecule is COc1ccc(NC(=O)[C@@H]2CC=CC[C@@H]2C(=O)O)cc1Br. The predicted molar refractivity (Wildman–Crippen MR) is 82.3 cm³/mol. The highest BCUT2D eigenvalue weighted by molar-refractivity contribution is 9.10. The van der Waals surface area contributed by atoms with E-state index in [-0.39, 0.29) is 5.91 Å². The Bertz CT molecular complexity index is 585. The third-order valence-electron chi connectivity index (χ3n) is 3.51. The molecule has 6 heteroatoms. The van der Waals surface area contributed by atoms with Crippen LogP contribution in [0.2, 0.25) is 0 Å². The van der Waals surface area contributed by atoms with Gasteiger partial charge >= 0.3 is 5.97 Å². The van der Waals surface area contributed by atoms with Crippen LogP contribution in [-0.4, -0.2) is 24.1 Å². The van der Waals surface area contributed by atoms with E-state index in [9.17, 15) is 14.7 Å². The Morgan fingerprint density at radius 1 is 1.29 bits per heavy atom. The Hall–Kier alpha value is -1.82. The van der Waals surface area contributed by atoms with Gasteiger partial charge in [0.05, 0.1) is 23.4 Å². The molecule has 1 aliphatic rings. The molecule has 112 valence electrons. The Balaban J connectivity index is 2.11. The molecule has 0 unspecified atom stereocenters. The number of amides is 1. The van der Waals surface area contributed by atoms with Gasteiger partial charge in [-0.3, -0.25) is 9.59 Å². The number of allylic oxidation sites excluding steroid dienone is 2. The summed E-state index contributed by atoms with van der Waals surface area (Å²) in [6.07, 6.45) is 4.50. The number of aliphatic carboxylic acids is 1. The van der Waals surface area contributed by atoms with Crippen LogP contribution in [0.4, 0.5) is 5.69 Å². The Morgan fingerprint density at radius 2 is 1.95 bits per heavy atom. The zero-order chi connectivity index (χ0) is 15.4. The average Bonchev–Trinajstić information content (AvgIpc) is 2.47. The van der Waals surface area contributed by atoms with E-state index in [1.54, 1.807) is 25.3 Å². The summed E-state index contributed by atoms with van der Waals surface area (Å²) in [5.74, 6) is -1.76. The second-order valence-corrected chi connectivity index (χ2v) is 5.69. The van der Waals surface area contributed by atoms with E-state index >= 15 is 0 Å². The minimum atomic E-state index is -0.935. The summed E-state index contributed by atoms with van der Waals surface area (Å²) in [5.41, 5.74) is 0.603. The number of carbonyl (C=O) groups is 2. The lowest BCUT2D eigenvalue weighted by Gasteiger charge is -2.24. The molecule has 1 aromatic carbocycles. The highest BCUT2D eigenvalue weighted by Gasteiger charge is 2.33. The van der Waals surface area contributed by atoms with E-state index in [2.05, 4.69) is 21.2 Å². The number of methoxy groups -OCH3 is 1. The van der Waals surface area contributed by atoms with Gasteiger partial charge in [0.15, 0.2) is 0 Å². The quantitative estimate of drug-likeness (QED) is 0.815. The largest absolute Gasteiger partial charge is 0.496 e. The summed E-state index contributed by atoms with van der Waals surface area (Å²) in [4.78, 5) is 23.5. The second-order valence-electron chi connectivity index (χ2n) is 4.83. The Morgan fingerprint density at radius 3 is 2.52 bits per heavy atom. The van der Waals surface area contributed by atoms with Gasteiger partial charge in [0.2, 0.25) is 5.91 Å². The van der Waals surface area contributed by atoms with Gasteiger partial charge in [-0.2, -0.15) is 0 Å². The Kier molecular flexibility index (Phi) is 5.01. The van der Waals surface area contributed by atoms with Gasteiger partial charge in [-0.25, -0.2) is 0 Å². The highest BCUT2D eigenvalue weighted by Crippen LogP contribution is 2.30. The van der Waals surface area contributed by atoms with Crippen LogP contribution in [0.15, 0.2) is 34.8 Å². The minimum Gasteiger partial charge on any atom is -0.496 e. The normalized spacial score (nSPS) is 20.9. The fourth-order valence-corrected chi connectivity index (χ4v) is 2.90. The number of carbonyl (C=O) groups excluding carboxylic acids is 1. The van der Waals surface area contributed by atoms with Crippen molar-refractivity contribution in [3.63, 3.8) is 0 Å². The van der Waals surface area contributed by atoms with Crippen molar-refractivity contribution in [1.82, 2.24) is 0 Å². The van der Waals surface area contributed by atoms with Crippen molar-refractivity contribution in [2.75, 3.05) is 12.4 Å². The molecule has 0 radical (unpaired) electrons. The van der Waals surface area contributed by atoms with Crippen LogP contribution in [0.1, 0.15) is 12.8 Å². The molecule has 0 aliphatic heterocycles. The maximum Gasteiger partial charge on any atom is 0.307 e. The van der Waals surface area contributed by atoms with Crippen molar-refractivity contribution < 1.29 is 19.4 Å². The first kappa shape index (κ1) is 15.6. The number of carboxylic acids is 1. The number of hydrogen-bond donors (Lipinski definition) is 2. The molecule has 21 heavy (non-hydrogen) atoms. The van der Waals surface area contributed by atoms with E-state index < -0.39 is 17.8 Å². The summed E-state index contributed by atoms with van der Waals surface area (Å²) in [6.45, 7) is 0. The number of benzene rings is 1. The smallest absolute Gasteiger partial charge is 0.307 e. The zero-order valence-electron chi connectivity index (χ0n) is 11.5. The van der Waals surface area contributed by atoms with Crippen LogP contribution < -0.4 is 10.1 Å². The lowest BCUT2D eigenvalue weighted by molar-refractivity contribution is -0.146. The summed E-state index contributed by atoms with van der Waals surface area (Å²) < 4.78 is 5.85. The van der Waals surface area contributed by atoms with Crippen molar-refractivity contribution in [2.24, 2.45) is 11.8 Å². The molecular formula is C15H16BrNO4. The van der Waals surface area contributed by atoms with Crippen LogP contribution in [0.5, 0.6) is 5.75 Å². The van der Waals surface area contributed by atoms with Crippen LogP contribution in [0.3, 0.4) is 0 Å². The first-order valence-electron chi connectivity index (χ1n) is 6.55. The fraction of sp³-hybridized carbons (Fsp3) is 0.333. The summed E-state index contributed by atoms with van der Waals surface area (Å²) in [7, 11) is 1.56. The van der Waals surface area contributed by atoms with Crippen molar-refractivity contribution >= 4 is 33.5 Å². The molecule has 2 N–H and O–H groups in total.